The molecule has 0 unspecified atom stereocenters. The molecule has 1 saturated heterocycles. The molecule has 2 aromatic carbocycles. The van der Waals surface area contributed by atoms with Crippen LogP contribution in [0.2, 0.25) is 10.0 Å². The second kappa shape index (κ2) is 11.0. The van der Waals surface area contributed by atoms with Crippen LogP contribution in [-0.2, 0) is 40.0 Å². The van der Waals surface area contributed by atoms with E-state index in [9.17, 15) is 13.2 Å². The van der Waals surface area contributed by atoms with E-state index in [4.69, 9.17) is 23.2 Å². The lowest BCUT2D eigenvalue weighted by Crippen LogP contribution is -2.43. The number of nitrogens with one attached hydrogen (secondary N) is 1. The topological polar surface area (TPSA) is 66.5 Å². The van der Waals surface area contributed by atoms with Gasteiger partial charge < -0.3 is 5.32 Å². The molecule has 0 saturated carbocycles. The molecular weight excluding hydrogens is 467 g/mol. The number of piperidine rings is 1. The lowest BCUT2D eigenvalue weighted by Gasteiger charge is -2.30. The van der Waals surface area contributed by atoms with Gasteiger partial charge in [0.1, 0.15) is 0 Å². The van der Waals surface area contributed by atoms with Crippen molar-refractivity contribution >= 4 is 39.1 Å². The van der Waals surface area contributed by atoms with Crippen LogP contribution in [0.5, 0.6) is 0 Å². The fourth-order valence-electron chi connectivity index (χ4n) is 4.06. The second-order valence-electron chi connectivity index (χ2n) is 8.21. The van der Waals surface area contributed by atoms with Crippen molar-refractivity contribution in [1.29, 1.82) is 0 Å². The summed E-state index contributed by atoms with van der Waals surface area (Å²) in [7, 11) is -3.49. The molecule has 1 heterocycles. The highest BCUT2D eigenvalue weighted by Gasteiger charge is 2.31. The van der Waals surface area contributed by atoms with Crippen molar-refractivity contribution in [2.24, 2.45) is 5.92 Å². The van der Waals surface area contributed by atoms with Crippen molar-refractivity contribution in [3.8, 4) is 0 Å². The molecule has 0 bridgehead atoms. The molecule has 2 aromatic rings. The monoisotopic (exact) mass is 496 g/mol. The van der Waals surface area contributed by atoms with Crippen LogP contribution in [0.15, 0.2) is 36.4 Å². The first-order valence-corrected chi connectivity index (χ1v) is 13.4. The predicted octanol–water partition coefficient (Wildman–Crippen LogP) is 4.98. The third-order valence-corrected chi connectivity index (χ3v) is 8.65. The summed E-state index contributed by atoms with van der Waals surface area (Å²) in [5, 5.41) is 3.80. The SMILES string of the molecule is CCc1ccc(CC)c(CNC(=O)C2CCN(S(=O)(=O)Cc3ccc(Cl)c(Cl)c3)CC2)c1. The van der Waals surface area contributed by atoms with Crippen molar-refractivity contribution in [2.75, 3.05) is 13.1 Å². The zero-order valence-corrected chi connectivity index (χ0v) is 20.9. The maximum Gasteiger partial charge on any atom is 0.223 e. The molecule has 0 aliphatic carbocycles. The summed E-state index contributed by atoms with van der Waals surface area (Å²) in [4.78, 5) is 12.7. The van der Waals surface area contributed by atoms with Crippen molar-refractivity contribution in [3.05, 3.63) is 68.7 Å². The fraction of sp³-hybridized carbons (Fsp3) is 0.458. The minimum Gasteiger partial charge on any atom is -0.352 e. The quantitative estimate of drug-likeness (QED) is 0.560. The first-order valence-electron chi connectivity index (χ1n) is 11.0. The highest BCUT2D eigenvalue weighted by atomic mass is 35.5. The highest BCUT2D eigenvalue weighted by molar-refractivity contribution is 7.88. The van der Waals surface area contributed by atoms with Gasteiger partial charge in [-0.15, -0.1) is 0 Å². The van der Waals surface area contributed by atoms with Gasteiger partial charge in [0.05, 0.1) is 15.8 Å². The van der Waals surface area contributed by atoms with E-state index in [1.807, 2.05) is 0 Å². The molecule has 1 aliphatic heterocycles. The third-order valence-electron chi connectivity index (χ3n) is 6.06. The summed E-state index contributed by atoms with van der Waals surface area (Å²) >= 11 is 11.9. The Bertz CT molecular complexity index is 1060. The summed E-state index contributed by atoms with van der Waals surface area (Å²) in [6.07, 6.45) is 2.91. The normalized spacial score (nSPS) is 15.6. The third kappa shape index (κ3) is 6.25. The van der Waals surface area contributed by atoms with Gasteiger partial charge in [0.25, 0.3) is 0 Å². The number of carbonyl (C=O) groups is 1. The standard InChI is InChI=1S/C24H30Cl2N2O3S/c1-3-17-5-7-19(4-2)21(13-17)15-27-24(29)20-9-11-28(12-10-20)32(30,31)16-18-6-8-22(25)23(26)14-18/h5-8,13-14,20H,3-4,9-12,15-16H2,1-2H3,(H,27,29). The van der Waals surface area contributed by atoms with E-state index >= 15 is 0 Å². The number of halogens is 2. The Kier molecular flexibility index (Phi) is 8.62. The fourth-order valence-corrected chi connectivity index (χ4v) is 5.93. The molecule has 0 spiro atoms. The second-order valence-corrected chi connectivity index (χ2v) is 11.0. The van der Waals surface area contributed by atoms with E-state index in [0.29, 0.717) is 48.1 Å². The Hall–Kier alpha value is -1.60. The Morgan fingerprint density at radius 2 is 1.66 bits per heavy atom. The van der Waals surface area contributed by atoms with E-state index in [-0.39, 0.29) is 17.6 Å². The number of amides is 1. The van der Waals surface area contributed by atoms with Gasteiger partial charge in [-0.1, -0.05) is 61.3 Å². The summed E-state index contributed by atoms with van der Waals surface area (Å²) in [5.74, 6) is -0.310. The van der Waals surface area contributed by atoms with Crippen molar-refractivity contribution in [1.82, 2.24) is 9.62 Å². The first kappa shape index (κ1) is 25.0. The average Bonchev–Trinajstić information content (AvgIpc) is 2.79. The lowest BCUT2D eigenvalue weighted by molar-refractivity contribution is -0.126. The van der Waals surface area contributed by atoms with Crippen LogP contribution >= 0.6 is 23.2 Å². The molecule has 174 valence electrons. The number of sulfonamides is 1. The number of hydrogen-bond donors (Lipinski definition) is 1. The molecule has 0 radical (unpaired) electrons. The molecule has 1 fully saturated rings. The van der Waals surface area contributed by atoms with Crippen molar-refractivity contribution < 1.29 is 13.2 Å². The van der Waals surface area contributed by atoms with Crippen LogP contribution in [0.25, 0.3) is 0 Å². The Labute approximate surface area is 201 Å². The molecule has 3 rings (SSSR count). The number of rotatable bonds is 8. The molecule has 1 N–H and O–H groups in total. The minimum absolute atomic E-state index is 0.00418. The van der Waals surface area contributed by atoms with Gasteiger partial charge in [-0.25, -0.2) is 12.7 Å². The summed E-state index contributed by atoms with van der Waals surface area (Å²) in [6, 6.07) is 11.3. The van der Waals surface area contributed by atoms with Crippen LogP contribution in [-0.4, -0.2) is 31.7 Å². The molecule has 32 heavy (non-hydrogen) atoms. The van der Waals surface area contributed by atoms with Crippen molar-refractivity contribution in [2.45, 2.75) is 51.8 Å². The molecule has 0 aromatic heterocycles. The molecular formula is C24H30Cl2N2O3S. The smallest absolute Gasteiger partial charge is 0.223 e. The van der Waals surface area contributed by atoms with Gasteiger partial charge in [0.2, 0.25) is 15.9 Å². The predicted molar refractivity (Wildman–Crippen MR) is 130 cm³/mol. The van der Waals surface area contributed by atoms with Gasteiger partial charge in [0, 0.05) is 25.6 Å². The number of benzene rings is 2. The number of carbonyl (C=O) groups excluding carboxylic acids is 1. The zero-order valence-electron chi connectivity index (χ0n) is 18.5. The Morgan fingerprint density at radius 1 is 0.969 bits per heavy atom. The molecule has 1 amide bonds. The Balaban J connectivity index is 1.54. The molecule has 1 aliphatic rings. The van der Waals surface area contributed by atoms with E-state index in [1.54, 1.807) is 18.2 Å². The van der Waals surface area contributed by atoms with Gasteiger partial charge in [0.15, 0.2) is 0 Å². The maximum absolute atomic E-state index is 12.8. The van der Waals surface area contributed by atoms with Gasteiger partial charge in [-0.05, 0) is 60.1 Å². The van der Waals surface area contributed by atoms with E-state index in [1.165, 1.54) is 15.4 Å². The van der Waals surface area contributed by atoms with E-state index in [0.717, 1.165) is 18.4 Å². The molecule has 8 heteroatoms. The number of hydrogen-bond acceptors (Lipinski definition) is 3. The highest BCUT2D eigenvalue weighted by Crippen LogP contribution is 2.26. The van der Waals surface area contributed by atoms with Gasteiger partial charge in [-0.3, -0.25) is 4.79 Å². The number of aryl methyl sites for hydroxylation is 2. The Morgan fingerprint density at radius 3 is 2.28 bits per heavy atom. The lowest BCUT2D eigenvalue weighted by atomic mass is 9.96. The van der Waals surface area contributed by atoms with Crippen LogP contribution in [0.1, 0.15) is 48.9 Å². The van der Waals surface area contributed by atoms with Gasteiger partial charge >= 0.3 is 0 Å². The van der Waals surface area contributed by atoms with Crippen molar-refractivity contribution in [3.63, 3.8) is 0 Å². The summed E-state index contributed by atoms with van der Waals surface area (Å²) in [5.41, 5.74) is 4.25. The maximum atomic E-state index is 12.8. The number of nitrogens with zero attached hydrogens (tertiary/aromatic N) is 1. The average molecular weight is 497 g/mol. The summed E-state index contributed by atoms with van der Waals surface area (Å²) < 4.78 is 27.1. The largest absolute Gasteiger partial charge is 0.352 e. The molecule has 5 nitrogen and oxygen atoms in total. The van der Waals surface area contributed by atoms with E-state index < -0.39 is 10.0 Å². The summed E-state index contributed by atoms with van der Waals surface area (Å²) in [6.45, 7) is 5.42. The van der Waals surface area contributed by atoms with Crippen LogP contribution < -0.4 is 5.32 Å². The van der Waals surface area contributed by atoms with Crippen LogP contribution in [0, 0.1) is 5.92 Å². The molecule has 0 atom stereocenters. The minimum atomic E-state index is -3.49. The zero-order chi connectivity index (χ0) is 23.3. The van der Waals surface area contributed by atoms with Crippen LogP contribution in [0.4, 0.5) is 0 Å². The first-order chi connectivity index (χ1) is 15.2. The van der Waals surface area contributed by atoms with E-state index in [2.05, 4.69) is 37.4 Å². The van der Waals surface area contributed by atoms with Crippen LogP contribution in [0.3, 0.4) is 0 Å². The van der Waals surface area contributed by atoms with Gasteiger partial charge in [-0.2, -0.15) is 0 Å².